The van der Waals surface area contributed by atoms with Crippen molar-refractivity contribution in [2.75, 3.05) is 25.5 Å². The first-order chi connectivity index (χ1) is 10.1. The summed E-state index contributed by atoms with van der Waals surface area (Å²) >= 11 is 7.43. The number of rotatable bonds is 10. The van der Waals surface area contributed by atoms with Crippen LogP contribution in [0.25, 0.3) is 0 Å². The van der Waals surface area contributed by atoms with E-state index in [1.54, 1.807) is 11.8 Å². The minimum absolute atomic E-state index is 0.0813. The third kappa shape index (κ3) is 9.77. The molecule has 1 N–H and O–H groups in total. The molecule has 1 amide bonds. The van der Waals surface area contributed by atoms with Crippen LogP contribution in [-0.4, -0.2) is 31.4 Å². The zero-order valence-electron chi connectivity index (χ0n) is 12.7. The Balaban J connectivity index is 2.00. The first kappa shape index (κ1) is 18.3. The molecule has 1 aromatic carbocycles. The van der Waals surface area contributed by atoms with Gasteiger partial charge in [0.2, 0.25) is 5.91 Å². The molecule has 0 aromatic heterocycles. The number of hydrogen-bond donors (Lipinski definition) is 1. The fraction of sp³-hybridized carbons (Fsp3) is 0.562. The molecule has 0 fully saturated rings. The summed E-state index contributed by atoms with van der Waals surface area (Å²) in [6.07, 6.45) is 0.861. The van der Waals surface area contributed by atoms with Gasteiger partial charge in [-0.2, -0.15) is 0 Å². The first-order valence-corrected chi connectivity index (χ1v) is 8.78. The van der Waals surface area contributed by atoms with Crippen LogP contribution in [-0.2, 0) is 15.3 Å². The van der Waals surface area contributed by atoms with Crippen molar-refractivity contribution in [2.24, 2.45) is 5.92 Å². The van der Waals surface area contributed by atoms with Crippen molar-refractivity contribution in [3.63, 3.8) is 0 Å². The number of thioether (sulfide) groups is 1. The molecule has 0 aliphatic carbocycles. The van der Waals surface area contributed by atoms with Crippen LogP contribution in [0, 0.1) is 5.92 Å². The molecule has 3 nitrogen and oxygen atoms in total. The highest BCUT2D eigenvalue weighted by Crippen LogP contribution is 2.15. The Morgan fingerprint density at radius 1 is 1.33 bits per heavy atom. The third-order valence-electron chi connectivity index (χ3n) is 2.65. The molecule has 5 heteroatoms. The van der Waals surface area contributed by atoms with Gasteiger partial charge in [0.1, 0.15) is 0 Å². The zero-order valence-corrected chi connectivity index (χ0v) is 14.3. The summed E-state index contributed by atoms with van der Waals surface area (Å²) in [5, 5.41) is 3.64. The molecule has 21 heavy (non-hydrogen) atoms. The van der Waals surface area contributed by atoms with Gasteiger partial charge in [-0.25, -0.2) is 0 Å². The normalized spacial score (nSPS) is 10.9. The van der Waals surface area contributed by atoms with Crippen molar-refractivity contribution < 1.29 is 9.53 Å². The average Bonchev–Trinajstić information content (AvgIpc) is 2.44. The molecule has 0 unspecified atom stereocenters. The summed E-state index contributed by atoms with van der Waals surface area (Å²) in [4.78, 5) is 11.6. The molecule has 0 saturated carbocycles. The van der Waals surface area contributed by atoms with Crippen molar-refractivity contribution in [3.05, 3.63) is 34.9 Å². The van der Waals surface area contributed by atoms with Crippen molar-refractivity contribution in [2.45, 2.75) is 26.0 Å². The second-order valence-corrected chi connectivity index (χ2v) is 6.71. The van der Waals surface area contributed by atoms with Gasteiger partial charge in [-0.1, -0.05) is 37.6 Å². The molecule has 0 aliphatic rings. The number of halogens is 1. The van der Waals surface area contributed by atoms with Crippen molar-refractivity contribution in [1.29, 1.82) is 0 Å². The Morgan fingerprint density at radius 3 is 2.71 bits per heavy atom. The van der Waals surface area contributed by atoms with Gasteiger partial charge >= 0.3 is 0 Å². The average molecular weight is 330 g/mol. The van der Waals surface area contributed by atoms with E-state index in [4.69, 9.17) is 16.3 Å². The molecule has 0 atom stereocenters. The van der Waals surface area contributed by atoms with Crippen molar-refractivity contribution in [3.8, 4) is 0 Å². The quantitative estimate of drug-likeness (QED) is 0.664. The summed E-state index contributed by atoms with van der Waals surface area (Å²) in [7, 11) is 0. The maximum absolute atomic E-state index is 11.6. The second kappa shape index (κ2) is 10.9. The van der Waals surface area contributed by atoms with Gasteiger partial charge in [-0.05, 0) is 30.0 Å². The van der Waals surface area contributed by atoms with E-state index in [-0.39, 0.29) is 5.91 Å². The molecule has 0 saturated heterocycles. The van der Waals surface area contributed by atoms with E-state index in [1.807, 2.05) is 24.3 Å². The van der Waals surface area contributed by atoms with E-state index in [0.717, 1.165) is 23.8 Å². The van der Waals surface area contributed by atoms with Gasteiger partial charge in [-0.15, -0.1) is 11.8 Å². The highest BCUT2D eigenvalue weighted by atomic mass is 35.5. The molecular formula is C16H24ClNO2S. The molecule has 0 radical (unpaired) electrons. The summed E-state index contributed by atoms with van der Waals surface area (Å²) in [6, 6.07) is 7.71. The Bertz CT molecular complexity index is 409. The highest BCUT2D eigenvalue weighted by Gasteiger charge is 2.02. The number of amides is 1. The fourth-order valence-corrected chi connectivity index (χ4v) is 2.56. The van der Waals surface area contributed by atoms with Gasteiger partial charge in [0.25, 0.3) is 0 Å². The van der Waals surface area contributed by atoms with Gasteiger partial charge in [-0.3, -0.25) is 4.79 Å². The van der Waals surface area contributed by atoms with Crippen LogP contribution in [0.1, 0.15) is 25.8 Å². The summed E-state index contributed by atoms with van der Waals surface area (Å²) in [5.41, 5.74) is 1.18. The molecule has 0 heterocycles. The molecule has 0 spiro atoms. The monoisotopic (exact) mass is 329 g/mol. The molecule has 1 rings (SSSR count). The Kier molecular flexibility index (Phi) is 9.55. The lowest BCUT2D eigenvalue weighted by Gasteiger charge is -2.08. The molecule has 118 valence electrons. The van der Waals surface area contributed by atoms with Crippen LogP contribution in [0.3, 0.4) is 0 Å². The first-order valence-electron chi connectivity index (χ1n) is 7.24. The SMILES string of the molecule is CC(C)COCCCNC(=O)CSCc1ccc(Cl)cc1. The van der Waals surface area contributed by atoms with E-state index in [1.165, 1.54) is 5.56 Å². The minimum atomic E-state index is 0.0813. The van der Waals surface area contributed by atoms with Crippen molar-refractivity contribution in [1.82, 2.24) is 5.32 Å². The van der Waals surface area contributed by atoms with Gasteiger partial charge in [0, 0.05) is 30.5 Å². The van der Waals surface area contributed by atoms with Crippen LogP contribution in [0.2, 0.25) is 5.02 Å². The number of carbonyl (C=O) groups is 1. The Morgan fingerprint density at radius 2 is 2.05 bits per heavy atom. The lowest BCUT2D eigenvalue weighted by atomic mass is 10.2. The topological polar surface area (TPSA) is 38.3 Å². The van der Waals surface area contributed by atoms with Crippen molar-refractivity contribution >= 4 is 29.3 Å². The van der Waals surface area contributed by atoms with E-state index < -0.39 is 0 Å². The Hall–Kier alpha value is -0.710. The number of benzene rings is 1. The zero-order chi connectivity index (χ0) is 15.5. The summed E-state index contributed by atoms with van der Waals surface area (Å²) in [5.74, 6) is 1.94. The van der Waals surface area contributed by atoms with Crippen LogP contribution < -0.4 is 5.32 Å². The molecule has 0 bridgehead atoms. The maximum Gasteiger partial charge on any atom is 0.230 e. The predicted molar refractivity (Wildman–Crippen MR) is 90.9 cm³/mol. The Labute approximate surface area is 136 Å². The van der Waals surface area contributed by atoms with Crippen LogP contribution in [0.15, 0.2) is 24.3 Å². The van der Waals surface area contributed by atoms with Gasteiger partial charge in [0.15, 0.2) is 0 Å². The van der Waals surface area contributed by atoms with E-state index >= 15 is 0 Å². The maximum atomic E-state index is 11.6. The molecular weight excluding hydrogens is 306 g/mol. The number of hydrogen-bond acceptors (Lipinski definition) is 3. The van der Waals surface area contributed by atoms with E-state index in [0.29, 0.717) is 24.8 Å². The highest BCUT2D eigenvalue weighted by molar-refractivity contribution is 7.99. The molecule has 1 aromatic rings. The van der Waals surface area contributed by atoms with E-state index in [9.17, 15) is 4.79 Å². The lowest BCUT2D eigenvalue weighted by molar-refractivity contribution is -0.118. The van der Waals surface area contributed by atoms with Crippen LogP contribution in [0.4, 0.5) is 0 Å². The molecule has 0 aliphatic heterocycles. The minimum Gasteiger partial charge on any atom is -0.381 e. The summed E-state index contributed by atoms with van der Waals surface area (Å²) < 4.78 is 5.46. The number of ether oxygens (including phenoxy) is 1. The fourth-order valence-electron chi connectivity index (χ4n) is 1.61. The lowest BCUT2D eigenvalue weighted by Crippen LogP contribution is -2.27. The predicted octanol–water partition coefficient (Wildman–Crippen LogP) is 3.75. The van der Waals surface area contributed by atoms with Gasteiger partial charge in [0.05, 0.1) is 5.75 Å². The number of carbonyl (C=O) groups excluding carboxylic acids is 1. The summed E-state index contributed by atoms with van der Waals surface area (Å²) in [6.45, 7) is 6.42. The van der Waals surface area contributed by atoms with E-state index in [2.05, 4.69) is 19.2 Å². The second-order valence-electron chi connectivity index (χ2n) is 5.29. The largest absolute Gasteiger partial charge is 0.381 e. The van der Waals surface area contributed by atoms with Crippen LogP contribution >= 0.6 is 23.4 Å². The van der Waals surface area contributed by atoms with Gasteiger partial charge < -0.3 is 10.1 Å². The number of nitrogens with one attached hydrogen (secondary N) is 1. The van der Waals surface area contributed by atoms with Crippen LogP contribution in [0.5, 0.6) is 0 Å². The smallest absolute Gasteiger partial charge is 0.230 e. The third-order valence-corrected chi connectivity index (χ3v) is 3.91. The standard InChI is InChI=1S/C16H24ClNO2S/c1-13(2)10-20-9-3-8-18-16(19)12-21-11-14-4-6-15(17)7-5-14/h4-7,13H,3,8-12H2,1-2H3,(H,18,19).